The van der Waals surface area contributed by atoms with Gasteiger partial charge in [-0.05, 0) is 38.0 Å². The maximum atomic E-state index is 10.4. The normalized spacial score (nSPS) is 13.1. The SMILES string of the molecule is C=C(C)C(/C=C\C)=C(/C=C\C)NC=O. The number of hydrogen-bond acceptors (Lipinski definition) is 1. The van der Waals surface area contributed by atoms with Gasteiger partial charge < -0.3 is 5.32 Å². The summed E-state index contributed by atoms with van der Waals surface area (Å²) < 4.78 is 0. The first-order chi connectivity index (χ1) is 6.67. The lowest BCUT2D eigenvalue weighted by Crippen LogP contribution is -2.10. The number of nitrogens with one attached hydrogen (secondary N) is 1. The lowest BCUT2D eigenvalue weighted by molar-refractivity contribution is -0.108. The highest BCUT2D eigenvalue weighted by molar-refractivity contribution is 5.56. The topological polar surface area (TPSA) is 29.1 Å². The Bertz CT molecular complexity index is 295. The molecule has 0 spiro atoms. The van der Waals surface area contributed by atoms with Crippen molar-refractivity contribution in [2.75, 3.05) is 0 Å². The molecular formula is C12H17NO. The van der Waals surface area contributed by atoms with Crippen LogP contribution in [0, 0.1) is 0 Å². The number of allylic oxidation sites excluding steroid dienone is 6. The second-order valence-electron chi connectivity index (χ2n) is 2.87. The smallest absolute Gasteiger partial charge is 0.211 e. The highest BCUT2D eigenvalue weighted by atomic mass is 16.1. The predicted molar refractivity (Wildman–Crippen MR) is 60.7 cm³/mol. The Morgan fingerprint density at radius 3 is 2.14 bits per heavy atom. The quantitative estimate of drug-likeness (QED) is 0.525. The van der Waals surface area contributed by atoms with Gasteiger partial charge in [0, 0.05) is 5.70 Å². The molecule has 2 heteroatoms. The molecule has 0 bridgehead atoms. The average Bonchev–Trinajstić information content (AvgIpc) is 2.13. The average molecular weight is 191 g/mol. The summed E-state index contributed by atoms with van der Waals surface area (Å²) in [6.45, 7) is 9.60. The van der Waals surface area contributed by atoms with Crippen LogP contribution >= 0.6 is 0 Å². The summed E-state index contributed by atoms with van der Waals surface area (Å²) in [4.78, 5) is 10.4. The first kappa shape index (κ1) is 12.4. The van der Waals surface area contributed by atoms with Crippen LogP contribution in [-0.4, -0.2) is 6.41 Å². The van der Waals surface area contributed by atoms with Gasteiger partial charge in [-0.25, -0.2) is 0 Å². The fourth-order valence-corrected chi connectivity index (χ4v) is 1.07. The van der Waals surface area contributed by atoms with Gasteiger partial charge in [0.1, 0.15) is 0 Å². The van der Waals surface area contributed by atoms with Gasteiger partial charge in [-0.1, -0.05) is 24.8 Å². The molecule has 0 aromatic rings. The van der Waals surface area contributed by atoms with E-state index in [2.05, 4.69) is 11.9 Å². The van der Waals surface area contributed by atoms with Gasteiger partial charge in [0.05, 0.1) is 0 Å². The lowest BCUT2D eigenvalue weighted by atomic mass is 10.1. The van der Waals surface area contributed by atoms with E-state index < -0.39 is 0 Å². The summed E-state index contributed by atoms with van der Waals surface area (Å²) in [7, 11) is 0. The minimum Gasteiger partial charge on any atom is -0.328 e. The van der Waals surface area contributed by atoms with Crippen molar-refractivity contribution in [3.63, 3.8) is 0 Å². The van der Waals surface area contributed by atoms with Gasteiger partial charge in [-0.2, -0.15) is 0 Å². The van der Waals surface area contributed by atoms with Gasteiger partial charge in [-0.3, -0.25) is 4.79 Å². The van der Waals surface area contributed by atoms with E-state index in [4.69, 9.17) is 0 Å². The highest BCUT2D eigenvalue weighted by Gasteiger charge is 2.00. The van der Waals surface area contributed by atoms with E-state index >= 15 is 0 Å². The molecule has 0 aliphatic rings. The zero-order valence-corrected chi connectivity index (χ0v) is 9.00. The van der Waals surface area contributed by atoms with Crippen LogP contribution in [0.4, 0.5) is 0 Å². The highest BCUT2D eigenvalue weighted by Crippen LogP contribution is 2.13. The second-order valence-corrected chi connectivity index (χ2v) is 2.87. The Balaban J connectivity index is 5.23. The second kappa shape index (κ2) is 6.89. The van der Waals surface area contributed by atoms with Crippen LogP contribution in [-0.2, 0) is 4.79 Å². The fourth-order valence-electron chi connectivity index (χ4n) is 1.07. The van der Waals surface area contributed by atoms with Gasteiger partial charge in [0.2, 0.25) is 6.41 Å². The van der Waals surface area contributed by atoms with Gasteiger partial charge in [0.25, 0.3) is 0 Å². The molecule has 0 saturated heterocycles. The van der Waals surface area contributed by atoms with Gasteiger partial charge in [-0.15, -0.1) is 0 Å². The summed E-state index contributed by atoms with van der Waals surface area (Å²) in [5.74, 6) is 0. The van der Waals surface area contributed by atoms with Crippen molar-refractivity contribution < 1.29 is 4.79 Å². The van der Waals surface area contributed by atoms with Crippen molar-refractivity contribution in [3.8, 4) is 0 Å². The summed E-state index contributed by atoms with van der Waals surface area (Å²) in [6, 6.07) is 0. The summed E-state index contributed by atoms with van der Waals surface area (Å²) >= 11 is 0. The molecule has 0 aliphatic heterocycles. The summed E-state index contributed by atoms with van der Waals surface area (Å²) in [5, 5.41) is 2.65. The fraction of sp³-hybridized carbons (Fsp3) is 0.250. The van der Waals surface area contributed by atoms with E-state index in [1.165, 1.54) is 0 Å². The van der Waals surface area contributed by atoms with Crippen molar-refractivity contribution in [3.05, 3.63) is 47.7 Å². The van der Waals surface area contributed by atoms with Crippen molar-refractivity contribution in [1.29, 1.82) is 0 Å². The Morgan fingerprint density at radius 1 is 1.21 bits per heavy atom. The molecule has 76 valence electrons. The molecule has 0 aromatic heterocycles. The lowest BCUT2D eigenvalue weighted by Gasteiger charge is -2.07. The third-order valence-corrected chi connectivity index (χ3v) is 1.63. The van der Waals surface area contributed by atoms with E-state index in [-0.39, 0.29) is 0 Å². The zero-order chi connectivity index (χ0) is 11.0. The van der Waals surface area contributed by atoms with Gasteiger partial charge >= 0.3 is 0 Å². The maximum Gasteiger partial charge on any atom is 0.211 e. The van der Waals surface area contributed by atoms with E-state index in [1.807, 2.05) is 45.1 Å². The van der Waals surface area contributed by atoms with E-state index in [1.54, 1.807) is 0 Å². The van der Waals surface area contributed by atoms with Crippen LogP contribution in [0.15, 0.2) is 47.7 Å². The monoisotopic (exact) mass is 191 g/mol. The molecule has 0 aromatic carbocycles. The molecule has 0 radical (unpaired) electrons. The van der Waals surface area contributed by atoms with Crippen molar-refractivity contribution >= 4 is 6.41 Å². The number of carbonyl (C=O) groups is 1. The zero-order valence-electron chi connectivity index (χ0n) is 9.00. The number of carbonyl (C=O) groups excluding carboxylic acids is 1. The molecule has 1 amide bonds. The molecular weight excluding hydrogens is 174 g/mol. The van der Waals surface area contributed by atoms with Crippen LogP contribution in [0.5, 0.6) is 0 Å². The van der Waals surface area contributed by atoms with Crippen LogP contribution in [0.1, 0.15) is 20.8 Å². The van der Waals surface area contributed by atoms with Crippen LogP contribution in [0.2, 0.25) is 0 Å². The first-order valence-corrected chi connectivity index (χ1v) is 4.53. The van der Waals surface area contributed by atoms with Crippen molar-refractivity contribution in [2.45, 2.75) is 20.8 Å². The minimum atomic E-state index is 0.668. The van der Waals surface area contributed by atoms with E-state index in [0.29, 0.717) is 6.41 Å². The van der Waals surface area contributed by atoms with Gasteiger partial charge in [0.15, 0.2) is 0 Å². The molecule has 0 heterocycles. The Hall–Kier alpha value is -1.57. The predicted octanol–water partition coefficient (Wildman–Crippen LogP) is 2.71. The third-order valence-electron chi connectivity index (χ3n) is 1.63. The third kappa shape index (κ3) is 3.90. The van der Waals surface area contributed by atoms with Crippen LogP contribution < -0.4 is 5.32 Å². The molecule has 2 nitrogen and oxygen atoms in total. The van der Waals surface area contributed by atoms with E-state index in [9.17, 15) is 4.79 Å². The molecule has 0 saturated carbocycles. The molecule has 0 unspecified atom stereocenters. The summed E-state index contributed by atoms with van der Waals surface area (Å²) in [6.07, 6.45) is 8.23. The van der Waals surface area contributed by atoms with Crippen LogP contribution in [0.3, 0.4) is 0 Å². The standard InChI is InChI=1S/C12H17NO/c1-5-7-11(10(3)4)12(8-6-2)13-9-14/h5-9H,3H2,1-2,4H3,(H,13,14)/b7-5-,8-6-,12-11-. The largest absolute Gasteiger partial charge is 0.328 e. The molecule has 0 fully saturated rings. The van der Waals surface area contributed by atoms with Crippen LogP contribution in [0.25, 0.3) is 0 Å². The number of amides is 1. The van der Waals surface area contributed by atoms with Crippen molar-refractivity contribution in [1.82, 2.24) is 5.32 Å². The molecule has 0 atom stereocenters. The van der Waals surface area contributed by atoms with Crippen molar-refractivity contribution in [2.24, 2.45) is 0 Å². The maximum absolute atomic E-state index is 10.4. The molecule has 1 N–H and O–H groups in total. The molecule has 0 aliphatic carbocycles. The number of hydrogen-bond donors (Lipinski definition) is 1. The first-order valence-electron chi connectivity index (χ1n) is 4.53. The molecule has 14 heavy (non-hydrogen) atoms. The Kier molecular flexibility index (Phi) is 6.12. The minimum absolute atomic E-state index is 0.668. The Morgan fingerprint density at radius 2 is 1.79 bits per heavy atom. The number of rotatable bonds is 5. The summed E-state index contributed by atoms with van der Waals surface area (Å²) in [5.41, 5.74) is 2.64. The van der Waals surface area contributed by atoms with E-state index in [0.717, 1.165) is 16.8 Å². The molecule has 0 rings (SSSR count). The Labute approximate surface area is 85.7 Å².